The van der Waals surface area contributed by atoms with Crippen molar-refractivity contribution in [1.29, 1.82) is 0 Å². The van der Waals surface area contributed by atoms with Crippen LogP contribution >= 0.6 is 0 Å². The molecule has 1 N–H and O–H groups in total. The number of hydrogen-bond acceptors (Lipinski definition) is 2. The van der Waals surface area contributed by atoms with Gasteiger partial charge in [0.2, 0.25) is 5.91 Å². The molecule has 1 aromatic heterocycles. The quantitative estimate of drug-likeness (QED) is 0.889. The van der Waals surface area contributed by atoms with Crippen molar-refractivity contribution < 1.29 is 4.79 Å². The first-order valence-electron chi connectivity index (χ1n) is 7.06. The van der Waals surface area contributed by atoms with E-state index in [1.807, 2.05) is 24.6 Å². The minimum atomic E-state index is 0.0553. The van der Waals surface area contributed by atoms with Crippen molar-refractivity contribution >= 4 is 11.7 Å². The minimum absolute atomic E-state index is 0.0553. The molecule has 100 valence electrons. The van der Waals surface area contributed by atoms with Crippen LogP contribution in [0, 0.1) is 5.92 Å². The molecule has 1 saturated carbocycles. The van der Waals surface area contributed by atoms with Crippen molar-refractivity contribution in [2.75, 3.05) is 5.32 Å². The van der Waals surface area contributed by atoms with E-state index < -0.39 is 0 Å². The molecule has 0 saturated heterocycles. The van der Waals surface area contributed by atoms with Crippen molar-refractivity contribution in [3.8, 4) is 0 Å². The van der Waals surface area contributed by atoms with Crippen LogP contribution in [0.4, 0.5) is 5.82 Å². The van der Waals surface area contributed by atoms with Gasteiger partial charge in [-0.1, -0.05) is 33.1 Å². The predicted molar refractivity (Wildman–Crippen MR) is 72.4 cm³/mol. The van der Waals surface area contributed by atoms with Crippen LogP contribution in [-0.2, 0) is 4.79 Å². The first kappa shape index (κ1) is 13.1. The zero-order valence-corrected chi connectivity index (χ0v) is 11.4. The fraction of sp³-hybridized carbons (Fsp3) is 0.714. The van der Waals surface area contributed by atoms with Crippen molar-refractivity contribution in [3.63, 3.8) is 0 Å². The van der Waals surface area contributed by atoms with Crippen LogP contribution in [0.1, 0.15) is 58.4 Å². The summed E-state index contributed by atoms with van der Waals surface area (Å²) in [5.41, 5.74) is 0. The van der Waals surface area contributed by atoms with Crippen molar-refractivity contribution in [2.24, 2.45) is 5.92 Å². The van der Waals surface area contributed by atoms with E-state index in [0.717, 1.165) is 12.2 Å². The highest BCUT2D eigenvalue weighted by molar-refractivity contribution is 5.91. The summed E-state index contributed by atoms with van der Waals surface area (Å²) < 4.78 is 2.00. The lowest BCUT2D eigenvalue weighted by molar-refractivity contribution is -0.119. The maximum Gasteiger partial charge on any atom is 0.228 e. The largest absolute Gasteiger partial charge is 0.311 e. The Hall–Kier alpha value is -1.32. The first-order chi connectivity index (χ1) is 8.72. The van der Waals surface area contributed by atoms with Crippen molar-refractivity contribution in [1.82, 2.24) is 9.78 Å². The van der Waals surface area contributed by atoms with Crippen LogP contribution < -0.4 is 5.32 Å². The molecule has 1 fully saturated rings. The summed E-state index contributed by atoms with van der Waals surface area (Å²) >= 11 is 0. The van der Waals surface area contributed by atoms with E-state index in [1.165, 1.54) is 32.1 Å². The molecule has 0 aliphatic heterocycles. The maximum atomic E-state index is 11.9. The third-order valence-electron chi connectivity index (χ3n) is 3.90. The number of nitrogens with zero attached hydrogens (tertiary/aromatic N) is 2. The Labute approximate surface area is 109 Å². The molecule has 0 bridgehead atoms. The molecule has 4 heteroatoms. The van der Waals surface area contributed by atoms with Crippen LogP contribution in [0.2, 0.25) is 0 Å². The Bertz CT molecular complexity index is 393. The molecule has 1 heterocycles. The number of carbonyl (C=O) groups excluding carboxylic acids is 1. The Kier molecular flexibility index (Phi) is 4.39. The zero-order chi connectivity index (χ0) is 13.0. The van der Waals surface area contributed by atoms with Crippen LogP contribution in [0.25, 0.3) is 0 Å². The van der Waals surface area contributed by atoms with E-state index in [9.17, 15) is 4.79 Å². The lowest BCUT2D eigenvalue weighted by Crippen LogP contribution is -2.23. The lowest BCUT2D eigenvalue weighted by atomic mass is 9.96. The summed E-state index contributed by atoms with van der Waals surface area (Å²) in [5, 5.41) is 7.38. The summed E-state index contributed by atoms with van der Waals surface area (Å²) in [4.78, 5) is 11.9. The van der Waals surface area contributed by atoms with Gasteiger partial charge in [0.1, 0.15) is 5.82 Å². The highest BCUT2D eigenvalue weighted by atomic mass is 16.1. The molecule has 1 aromatic rings. The van der Waals surface area contributed by atoms with Crippen molar-refractivity contribution in [3.05, 3.63) is 12.3 Å². The highest BCUT2D eigenvalue weighted by Gasteiger charge is 2.20. The molecule has 0 radical (unpaired) electrons. The second-order valence-corrected chi connectivity index (χ2v) is 5.25. The van der Waals surface area contributed by atoms with Gasteiger partial charge >= 0.3 is 0 Å². The van der Waals surface area contributed by atoms with E-state index in [2.05, 4.69) is 10.4 Å². The SMILES string of the molecule is CCC(C)C(=O)Nc1ccnn1C1CCCCC1. The molecular weight excluding hydrogens is 226 g/mol. The van der Waals surface area contributed by atoms with Gasteiger partial charge in [0.05, 0.1) is 12.2 Å². The molecule has 0 aromatic carbocycles. The number of aromatic nitrogens is 2. The smallest absolute Gasteiger partial charge is 0.228 e. The minimum Gasteiger partial charge on any atom is -0.311 e. The number of anilines is 1. The second kappa shape index (κ2) is 6.03. The number of hydrogen-bond donors (Lipinski definition) is 1. The van der Waals surface area contributed by atoms with Crippen LogP contribution in [0.15, 0.2) is 12.3 Å². The van der Waals surface area contributed by atoms with Gasteiger partial charge in [0, 0.05) is 12.0 Å². The third kappa shape index (κ3) is 2.92. The Morgan fingerprint density at radius 1 is 1.50 bits per heavy atom. The second-order valence-electron chi connectivity index (χ2n) is 5.25. The Morgan fingerprint density at radius 2 is 2.22 bits per heavy atom. The van der Waals surface area contributed by atoms with Gasteiger partial charge in [-0.15, -0.1) is 0 Å². The van der Waals surface area contributed by atoms with E-state index >= 15 is 0 Å². The fourth-order valence-corrected chi connectivity index (χ4v) is 2.46. The lowest BCUT2D eigenvalue weighted by Gasteiger charge is -2.24. The third-order valence-corrected chi connectivity index (χ3v) is 3.90. The molecule has 0 spiro atoms. The normalized spacial score (nSPS) is 18.6. The summed E-state index contributed by atoms with van der Waals surface area (Å²) in [7, 11) is 0. The van der Waals surface area contributed by atoms with Crippen molar-refractivity contribution in [2.45, 2.75) is 58.4 Å². The molecule has 4 nitrogen and oxygen atoms in total. The monoisotopic (exact) mass is 249 g/mol. The molecule has 1 unspecified atom stereocenters. The average molecular weight is 249 g/mol. The fourth-order valence-electron chi connectivity index (χ4n) is 2.46. The molecule has 1 aliphatic carbocycles. The van der Waals surface area contributed by atoms with Gasteiger partial charge in [-0.2, -0.15) is 5.10 Å². The summed E-state index contributed by atoms with van der Waals surface area (Å²) in [6, 6.07) is 2.36. The topological polar surface area (TPSA) is 46.9 Å². The van der Waals surface area contributed by atoms with Gasteiger partial charge in [-0.05, 0) is 19.3 Å². The van der Waals surface area contributed by atoms with E-state index in [1.54, 1.807) is 6.20 Å². The number of amides is 1. The van der Waals surface area contributed by atoms with E-state index in [0.29, 0.717) is 6.04 Å². The van der Waals surface area contributed by atoms with Crippen LogP contribution in [0.3, 0.4) is 0 Å². The van der Waals surface area contributed by atoms with E-state index in [-0.39, 0.29) is 11.8 Å². The first-order valence-corrected chi connectivity index (χ1v) is 7.06. The van der Waals surface area contributed by atoms with Gasteiger partial charge in [0.15, 0.2) is 0 Å². The Balaban J connectivity index is 2.05. The summed E-state index contributed by atoms with van der Waals surface area (Å²) in [5.74, 6) is 1.00. The number of nitrogens with one attached hydrogen (secondary N) is 1. The standard InChI is InChI=1S/C14H23N3O/c1-3-11(2)14(18)16-13-9-10-15-17(13)12-7-5-4-6-8-12/h9-12H,3-8H2,1-2H3,(H,16,18). The van der Waals surface area contributed by atoms with E-state index in [4.69, 9.17) is 0 Å². The van der Waals surface area contributed by atoms with Gasteiger partial charge in [0.25, 0.3) is 0 Å². The van der Waals surface area contributed by atoms with Crippen LogP contribution in [-0.4, -0.2) is 15.7 Å². The summed E-state index contributed by atoms with van der Waals surface area (Å²) in [6.07, 6.45) is 8.85. The predicted octanol–water partition coefficient (Wildman–Crippen LogP) is 3.37. The molecule has 1 amide bonds. The number of carbonyl (C=O) groups is 1. The maximum absolute atomic E-state index is 11.9. The average Bonchev–Trinajstić information content (AvgIpc) is 2.86. The molecule has 2 rings (SSSR count). The zero-order valence-electron chi connectivity index (χ0n) is 11.4. The highest BCUT2D eigenvalue weighted by Crippen LogP contribution is 2.30. The van der Waals surface area contributed by atoms with Crippen LogP contribution in [0.5, 0.6) is 0 Å². The van der Waals surface area contributed by atoms with Gasteiger partial charge in [-0.3, -0.25) is 4.79 Å². The molecule has 1 aliphatic rings. The molecule has 1 atom stereocenters. The Morgan fingerprint density at radius 3 is 2.89 bits per heavy atom. The molecular formula is C14H23N3O. The summed E-state index contributed by atoms with van der Waals surface area (Å²) in [6.45, 7) is 3.99. The van der Waals surface area contributed by atoms with Gasteiger partial charge < -0.3 is 5.32 Å². The van der Waals surface area contributed by atoms with Gasteiger partial charge in [-0.25, -0.2) is 4.68 Å². The molecule has 18 heavy (non-hydrogen) atoms. The number of rotatable bonds is 4.